The van der Waals surface area contributed by atoms with Gasteiger partial charge in [-0.05, 0) is 24.6 Å². The Morgan fingerprint density at radius 1 is 1.32 bits per heavy atom. The van der Waals surface area contributed by atoms with E-state index in [1.165, 1.54) is 7.11 Å². The van der Waals surface area contributed by atoms with Gasteiger partial charge in [-0.1, -0.05) is 12.1 Å². The maximum atomic E-state index is 12.0. The van der Waals surface area contributed by atoms with Gasteiger partial charge in [0.05, 0.1) is 14.2 Å². The van der Waals surface area contributed by atoms with Gasteiger partial charge in [0, 0.05) is 12.5 Å². The Hall–Kier alpha value is -2.04. The zero-order valence-corrected chi connectivity index (χ0v) is 11.2. The van der Waals surface area contributed by atoms with Gasteiger partial charge in [-0.2, -0.15) is 0 Å². The van der Waals surface area contributed by atoms with Crippen molar-refractivity contribution in [1.29, 1.82) is 0 Å². The molecule has 2 atom stereocenters. The number of carbonyl (C=O) groups is 2. The highest BCUT2D eigenvalue weighted by atomic mass is 16.5. The fourth-order valence-electron chi connectivity index (χ4n) is 2.48. The summed E-state index contributed by atoms with van der Waals surface area (Å²) < 4.78 is 9.88. The van der Waals surface area contributed by atoms with Gasteiger partial charge in [-0.3, -0.25) is 9.59 Å². The molecule has 1 aromatic rings. The highest BCUT2D eigenvalue weighted by Crippen LogP contribution is 2.41. The SMILES string of the molecule is COC(=O)[C@]1(C)C(=O)NC[C@H]1c1ccc(OC)cc1. The van der Waals surface area contributed by atoms with Crippen LogP contribution in [0.3, 0.4) is 0 Å². The third kappa shape index (κ3) is 2.05. The van der Waals surface area contributed by atoms with Gasteiger partial charge in [0.15, 0.2) is 5.41 Å². The maximum absolute atomic E-state index is 12.0. The second-order valence-electron chi connectivity index (χ2n) is 4.73. The third-order valence-electron chi connectivity index (χ3n) is 3.76. The molecular formula is C14H17NO4. The van der Waals surface area contributed by atoms with Gasteiger partial charge in [-0.15, -0.1) is 0 Å². The molecule has 1 aliphatic rings. The number of esters is 1. The molecule has 5 nitrogen and oxygen atoms in total. The van der Waals surface area contributed by atoms with Crippen LogP contribution < -0.4 is 10.1 Å². The number of hydrogen-bond donors (Lipinski definition) is 1. The summed E-state index contributed by atoms with van der Waals surface area (Å²) >= 11 is 0. The second kappa shape index (κ2) is 4.91. The van der Waals surface area contributed by atoms with Crippen molar-refractivity contribution in [3.05, 3.63) is 29.8 Å². The second-order valence-corrected chi connectivity index (χ2v) is 4.73. The van der Waals surface area contributed by atoms with Crippen molar-refractivity contribution < 1.29 is 19.1 Å². The number of rotatable bonds is 3. The smallest absolute Gasteiger partial charge is 0.321 e. The van der Waals surface area contributed by atoms with E-state index in [1.807, 2.05) is 24.3 Å². The molecular weight excluding hydrogens is 246 g/mol. The molecule has 0 bridgehead atoms. The Morgan fingerprint density at radius 2 is 1.95 bits per heavy atom. The van der Waals surface area contributed by atoms with Gasteiger partial charge < -0.3 is 14.8 Å². The number of ether oxygens (including phenoxy) is 2. The van der Waals surface area contributed by atoms with Crippen molar-refractivity contribution >= 4 is 11.9 Å². The topological polar surface area (TPSA) is 64.6 Å². The summed E-state index contributed by atoms with van der Waals surface area (Å²) in [6.45, 7) is 2.05. The lowest BCUT2D eigenvalue weighted by molar-refractivity contribution is -0.156. The third-order valence-corrected chi connectivity index (χ3v) is 3.76. The quantitative estimate of drug-likeness (QED) is 0.655. The largest absolute Gasteiger partial charge is 0.497 e. The summed E-state index contributed by atoms with van der Waals surface area (Å²) in [5.74, 6) is -0.303. The van der Waals surface area contributed by atoms with E-state index >= 15 is 0 Å². The molecule has 1 aliphatic heterocycles. The molecule has 0 aliphatic carbocycles. The van der Waals surface area contributed by atoms with Crippen molar-refractivity contribution in [2.24, 2.45) is 5.41 Å². The van der Waals surface area contributed by atoms with Crippen molar-refractivity contribution in [1.82, 2.24) is 5.32 Å². The lowest BCUT2D eigenvalue weighted by Gasteiger charge is -2.25. The molecule has 1 heterocycles. The molecule has 1 fully saturated rings. The van der Waals surface area contributed by atoms with Crippen LogP contribution in [0.5, 0.6) is 5.75 Å². The Labute approximate surface area is 111 Å². The summed E-state index contributed by atoms with van der Waals surface area (Å²) in [5.41, 5.74) is -0.268. The molecule has 0 spiro atoms. The first-order valence-corrected chi connectivity index (χ1v) is 6.04. The van der Waals surface area contributed by atoms with Crippen molar-refractivity contribution in [3.8, 4) is 5.75 Å². The van der Waals surface area contributed by atoms with Crippen molar-refractivity contribution in [2.75, 3.05) is 20.8 Å². The number of methoxy groups -OCH3 is 2. The maximum Gasteiger partial charge on any atom is 0.321 e. The van der Waals surface area contributed by atoms with Gasteiger partial charge >= 0.3 is 5.97 Å². The van der Waals surface area contributed by atoms with Crippen LogP contribution in [0.25, 0.3) is 0 Å². The molecule has 5 heteroatoms. The molecule has 1 N–H and O–H groups in total. The summed E-state index contributed by atoms with van der Waals surface area (Å²) in [7, 11) is 2.89. The minimum atomic E-state index is -1.18. The fourth-order valence-corrected chi connectivity index (χ4v) is 2.48. The monoisotopic (exact) mass is 263 g/mol. The van der Waals surface area contributed by atoms with Gasteiger partial charge in [0.2, 0.25) is 5.91 Å². The van der Waals surface area contributed by atoms with Crippen LogP contribution in [-0.2, 0) is 14.3 Å². The Bertz CT molecular complexity index is 497. The van der Waals surface area contributed by atoms with E-state index in [0.717, 1.165) is 11.3 Å². The predicted molar refractivity (Wildman–Crippen MR) is 68.9 cm³/mol. The van der Waals surface area contributed by atoms with E-state index in [2.05, 4.69) is 5.32 Å². The first-order valence-electron chi connectivity index (χ1n) is 6.04. The van der Waals surface area contributed by atoms with Gasteiger partial charge in [0.1, 0.15) is 5.75 Å². The average Bonchev–Trinajstić information content (AvgIpc) is 2.75. The Morgan fingerprint density at radius 3 is 2.47 bits per heavy atom. The average molecular weight is 263 g/mol. The van der Waals surface area contributed by atoms with E-state index in [-0.39, 0.29) is 11.8 Å². The van der Waals surface area contributed by atoms with E-state index in [0.29, 0.717) is 6.54 Å². The molecule has 0 aromatic heterocycles. The number of carbonyl (C=O) groups excluding carboxylic acids is 2. The fraction of sp³-hybridized carbons (Fsp3) is 0.429. The summed E-state index contributed by atoms with van der Waals surface area (Å²) in [4.78, 5) is 23.9. The molecule has 1 aromatic carbocycles. The zero-order valence-electron chi connectivity index (χ0n) is 11.2. The van der Waals surface area contributed by atoms with Crippen LogP contribution in [0.4, 0.5) is 0 Å². The molecule has 102 valence electrons. The number of nitrogens with one attached hydrogen (secondary N) is 1. The lowest BCUT2D eigenvalue weighted by atomic mass is 9.75. The van der Waals surface area contributed by atoms with E-state index in [9.17, 15) is 9.59 Å². The molecule has 0 unspecified atom stereocenters. The highest BCUT2D eigenvalue weighted by Gasteiger charge is 2.53. The molecule has 1 saturated heterocycles. The van der Waals surface area contributed by atoms with Gasteiger partial charge in [-0.25, -0.2) is 0 Å². The zero-order chi connectivity index (χ0) is 14.0. The number of hydrogen-bond acceptors (Lipinski definition) is 4. The van der Waals surface area contributed by atoms with Gasteiger partial charge in [0.25, 0.3) is 0 Å². The van der Waals surface area contributed by atoms with Crippen LogP contribution in [0, 0.1) is 5.41 Å². The summed E-state index contributed by atoms with van der Waals surface area (Å²) in [6.07, 6.45) is 0. The molecule has 1 amide bonds. The van der Waals surface area contributed by atoms with Crippen LogP contribution >= 0.6 is 0 Å². The Kier molecular flexibility index (Phi) is 3.46. The summed E-state index contributed by atoms with van der Waals surface area (Å²) in [5, 5.41) is 2.73. The Balaban J connectivity index is 2.37. The highest BCUT2D eigenvalue weighted by molar-refractivity contribution is 6.05. The van der Waals surface area contributed by atoms with Crippen LogP contribution in [0.1, 0.15) is 18.4 Å². The number of benzene rings is 1. The summed E-state index contributed by atoms with van der Waals surface area (Å²) in [6, 6.07) is 7.36. The van der Waals surface area contributed by atoms with E-state index < -0.39 is 11.4 Å². The van der Waals surface area contributed by atoms with Crippen molar-refractivity contribution in [2.45, 2.75) is 12.8 Å². The predicted octanol–water partition coefficient (Wildman–Crippen LogP) is 1.09. The minimum Gasteiger partial charge on any atom is -0.497 e. The van der Waals surface area contributed by atoms with Crippen LogP contribution in [-0.4, -0.2) is 32.6 Å². The molecule has 2 rings (SSSR count). The first-order chi connectivity index (χ1) is 9.03. The molecule has 19 heavy (non-hydrogen) atoms. The van der Waals surface area contributed by atoms with Crippen LogP contribution in [0.2, 0.25) is 0 Å². The van der Waals surface area contributed by atoms with Crippen LogP contribution in [0.15, 0.2) is 24.3 Å². The molecule has 0 radical (unpaired) electrons. The van der Waals surface area contributed by atoms with E-state index in [1.54, 1.807) is 14.0 Å². The number of amides is 1. The van der Waals surface area contributed by atoms with Crippen molar-refractivity contribution in [3.63, 3.8) is 0 Å². The minimum absolute atomic E-state index is 0.238. The van der Waals surface area contributed by atoms with E-state index in [4.69, 9.17) is 9.47 Å². The first kappa shape index (κ1) is 13.4. The normalized spacial score (nSPS) is 25.8. The molecule has 0 saturated carbocycles. The lowest BCUT2D eigenvalue weighted by Crippen LogP contribution is -2.40. The standard InChI is InChI=1S/C14H17NO4/c1-14(13(17)19-3)11(8-15-12(14)16)9-4-6-10(18-2)7-5-9/h4-7,11H,8H2,1-3H3,(H,15,16)/t11-,14-/m0/s1.